The zero-order chi connectivity index (χ0) is 24.8. The number of hydrogen-bond acceptors (Lipinski definition) is 5. The molecule has 0 aliphatic heterocycles. The molecule has 0 spiro atoms. The van der Waals surface area contributed by atoms with E-state index in [4.69, 9.17) is 21.1 Å². The normalized spacial score (nSPS) is 10.8. The van der Waals surface area contributed by atoms with E-state index in [1.165, 1.54) is 6.20 Å². The quantitative estimate of drug-likeness (QED) is 0.296. The Bertz CT molecular complexity index is 1350. The minimum atomic E-state index is -0.584. The number of amides is 1. The van der Waals surface area contributed by atoms with Crippen LogP contribution in [0.1, 0.15) is 23.0 Å². The van der Waals surface area contributed by atoms with Gasteiger partial charge in [0, 0.05) is 17.0 Å². The minimum absolute atomic E-state index is 0.0840. The Labute approximate surface area is 206 Å². The average Bonchev–Trinajstić information content (AvgIpc) is 3.21. The molecule has 9 heteroatoms. The third-order valence-corrected chi connectivity index (χ3v) is 5.51. The Morgan fingerprint density at radius 3 is 2.66 bits per heavy atom. The molecule has 35 heavy (non-hydrogen) atoms. The zero-order valence-corrected chi connectivity index (χ0v) is 19.7. The maximum Gasteiger partial charge on any atom is 0.310 e. The number of rotatable bonds is 9. The Kier molecular flexibility index (Phi) is 7.62. The summed E-state index contributed by atoms with van der Waals surface area (Å²) in [6.07, 6.45) is 1.57. The van der Waals surface area contributed by atoms with Gasteiger partial charge in [0.2, 0.25) is 5.88 Å². The van der Waals surface area contributed by atoms with Crippen molar-refractivity contribution in [2.45, 2.75) is 19.9 Å². The molecule has 0 fully saturated rings. The monoisotopic (exact) mass is 495 g/mol. The van der Waals surface area contributed by atoms with Gasteiger partial charge in [0.05, 0.1) is 36.5 Å². The Balaban J connectivity index is 1.43. The van der Waals surface area contributed by atoms with E-state index in [1.54, 1.807) is 47.9 Å². The number of benzene rings is 2. The highest BCUT2D eigenvalue weighted by atomic mass is 35.5. The number of nitrogens with one attached hydrogen (secondary N) is 1. The second-order valence-corrected chi connectivity index (χ2v) is 8.02. The molecule has 0 bridgehead atoms. The van der Waals surface area contributed by atoms with Gasteiger partial charge in [0.15, 0.2) is 0 Å². The summed E-state index contributed by atoms with van der Waals surface area (Å²) >= 11 is 6.29. The van der Waals surface area contributed by atoms with Gasteiger partial charge >= 0.3 is 5.97 Å². The third kappa shape index (κ3) is 5.78. The molecule has 0 unspecified atom stereocenters. The summed E-state index contributed by atoms with van der Waals surface area (Å²) in [6, 6.07) is 17.4. The number of halogens is 2. The fourth-order valence-electron chi connectivity index (χ4n) is 3.66. The van der Waals surface area contributed by atoms with Crippen LogP contribution in [0.2, 0.25) is 5.02 Å². The van der Waals surface area contributed by atoms with Crippen LogP contribution in [0.5, 0.6) is 11.6 Å². The number of aromatic nitrogens is 2. The van der Waals surface area contributed by atoms with Gasteiger partial charge in [-0.15, -0.1) is 0 Å². The van der Waals surface area contributed by atoms with Crippen LogP contribution in [0, 0.1) is 0 Å². The zero-order valence-electron chi connectivity index (χ0n) is 19.0. The molecule has 0 radical (unpaired) electrons. The Hall–Kier alpha value is -3.91. The van der Waals surface area contributed by atoms with Crippen LogP contribution in [0.3, 0.4) is 0 Å². The fraction of sp³-hybridized carbons (Fsp3) is 0.192. The molecule has 1 N–H and O–H groups in total. The second kappa shape index (κ2) is 11.0. The molecule has 2 aromatic heterocycles. The van der Waals surface area contributed by atoms with Crippen molar-refractivity contribution in [1.82, 2.24) is 9.55 Å². The SMILES string of the molecule is CCOC(=O)Cc1ccc(Oc2ccc(NC(=O)c3cc4ccccc4n3CCF)cn2)c(Cl)c1. The highest BCUT2D eigenvalue weighted by Crippen LogP contribution is 2.30. The van der Waals surface area contributed by atoms with Gasteiger partial charge in [0.25, 0.3) is 5.91 Å². The van der Waals surface area contributed by atoms with E-state index >= 15 is 0 Å². The molecule has 0 atom stereocenters. The van der Waals surface area contributed by atoms with Gasteiger partial charge in [-0.2, -0.15) is 0 Å². The van der Waals surface area contributed by atoms with Crippen molar-refractivity contribution < 1.29 is 23.5 Å². The summed E-state index contributed by atoms with van der Waals surface area (Å²) in [5.74, 6) is -0.0548. The van der Waals surface area contributed by atoms with E-state index < -0.39 is 6.67 Å². The van der Waals surface area contributed by atoms with E-state index in [-0.39, 0.29) is 30.7 Å². The lowest BCUT2D eigenvalue weighted by atomic mass is 10.1. The van der Waals surface area contributed by atoms with Crippen molar-refractivity contribution in [3.63, 3.8) is 0 Å². The van der Waals surface area contributed by atoms with Crippen molar-refractivity contribution >= 4 is 40.1 Å². The minimum Gasteiger partial charge on any atom is -0.466 e. The number of carbonyl (C=O) groups excluding carboxylic acids is 2. The molecule has 4 aromatic rings. The summed E-state index contributed by atoms with van der Waals surface area (Å²) < 4.78 is 25.4. The summed E-state index contributed by atoms with van der Waals surface area (Å²) in [5, 5.41) is 3.97. The molecular formula is C26H23ClFN3O4. The van der Waals surface area contributed by atoms with E-state index in [1.807, 2.05) is 24.3 Å². The Morgan fingerprint density at radius 1 is 1.11 bits per heavy atom. The smallest absolute Gasteiger partial charge is 0.310 e. The molecule has 0 saturated carbocycles. The number of pyridine rings is 1. The maximum absolute atomic E-state index is 13.1. The van der Waals surface area contributed by atoms with Crippen LogP contribution < -0.4 is 10.1 Å². The molecule has 2 aromatic carbocycles. The number of alkyl halides is 1. The molecule has 0 aliphatic carbocycles. The van der Waals surface area contributed by atoms with Crippen molar-refractivity contribution in [3.8, 4) is 11.6 Å². The third-order valence-electron chi connectivity index (χ3n) is 5.21. The number of hydrogen-bond donors (Lipinski definition) is 1. The predicted molar refractivity (Wildman–Crippen MR) is 132 cm³/mol. The molecule has 1 amide bonds. The number of fused-ring (bicyclic) bond motifs is 1. The number of esters is 1. The second-order valence-electron chi connectivity index (χ2n) is 7.62. The van der Waals surface area contributed by atoms with Crippen LogP contribution in [0.4, 0.5) is 10.1 Å². The van der Waals surface area contributed by atoms with Crippen LogP contribution >= 0.6 is 11.6 Å². The van der Waals surface area contributed by atoms with E-state index in [0.29, 0.717) is 34.3 Å². The lowest BCUT2D eigenvalue weighted by molar-refractivity contribution is -0.142. The lowest BCUT2D eigenvalue weighted by Crippen LogP contribution is -2.17. The van der Waals surface area contributed by atoms with Crippen molar-refractivity contribution in [1.29, 1.82) is 0 Å². The predicted octanol–water partition coefficient (Wildman–Crippen LogP) is 5.81. The van der Waals surface area contributed by atoms with Gasteiger partial charge in [0.1, 0.15) is 18.1 Å². The van der Waals surface area contributed by atoms with Gasteiger partial charge in [-0.3, -0.25) is 9.59 Å². The number of nitrogens with zero attached hydrogens (tertiary/aromatic N) is 2. The number of anilines is 1. The molecule has 2 heterocycles. The largest absolute Gasteiger partial charge is 0.466 e. The summed E-state index contributed by atoms with van der Waals surface area (Å²) in [4.78, 5) is 28.7. The fourth-order valence-corrected chi connectivity index (χ4v) is 3.90. The molecule has 7 nitrogen and oxygen atoms in total. The van der Waals surface area contributed by atoms with Crippen molar-refractivity contribution in [3.05, 3.63) is 83.1 Å². The van der Waals surface area contributed by atoms with Gasteiger partial charge < -0.3 is 19.4 Å². The van der Waals surface area contributed by atoms with Gasteiger partial charge in [-0.25, -0.2) is 9.37 Å². The van der Waals surface area contributed by atoms with Crippen LogP contribution in [-0.4, -0.2) is 34.7 Å². The first-order chi connectivity index (χ1) is 17.0. The highest BCUT2D eigenvalue weighted by Gasteiger charge is 2.16. The number of para-hydroxylation sites is 1. The van der Waals surface area contributed by atoms with Gasteiger partial charge in [-0.1, -0.05) is 35.9 Å². The molecule has 180 valence electrons. The first-order valence-electron chi connectivity index (χ1n) is 11.0. The molecule has 0 saturated heterocycles. The van der Waals surface area contributed by atoms with E-state index in [0.717, 1.165) is 10.9 Å². The number of aryl methyl sites for hydroxylation is 1. The highest BCUT2D eigenvalue weighted by molar-refractivity contribution is 6.32. The van der Waals surface area contributed by atoms with Crippen LogP contribution in [0.25, 0.3) is 10.9 Å². The first-order valence-corrected chi connectivity index (χ1v) is 11.4. The van der Waals surface area contributed by atoms with E-state index in [9.17, 15) is 14.0 Å². The standard InChI is InChI=1S/C26H23ClFN3O4/c1-2-34-25(32)14-17-7-9-23(20(27)13-17)35-24-10-8-19(16-29-24)30-26(33)22-15-18-5-3-4-6-21(18)31(22)12-11-28/h3-10,13,15-16H,2,11-12,14H2,1H3,(H,30,33). The van der Waals surface area contributed by atoms with Crippen LogP contribution in [-0.2, 0) is 22.5 Å². The van der Waals surface area contributed by atoms with Crippen molar-refractivity contribution in [2.75, 3.05) is 18.6 Å². The van der Waals surface area contributed by atoms with Gasteiger partial charge in [-0.05, 0) is 42.8 Å². The topological polar surface area (TPSA) is 82.5 Å². The molecule has 0 aliphatic rings. The lowest BCUT2D eigenvalue weighted by Gasteiger charge is -2.11. The average molecular weight is 496 g/mol. The number of ether oxygens (including phenoxy) is 2. The summed E-state index contributed by atoms with van der Waals surface area (Å²) in [5.41, 5.74) is 2.31. The van der Waals surface area contributed by atoms with Crippen LogP contribution in [0.15, 0.2) is 66.9 Å². The molecular weight excluding hydrogens is 473 g/mol. The first kappa shape index (κ1) is 24.2. The summed E-state index contributed by atoms with van der Waals surface area (Å²) in [7, 11) is 0. The van der Waals surface area contributed by atoms with Crippen molar-refractivity contribution in [2.24, 2.45) is 0 Å². The van der Waals surface area contributed by atoms with E-state index in [2.05, 4.69) is 10.3 Å². The number of carbonyl (C=O) groups is 2. The maximum atomic E-state index is 13.1. The summed E-state index contributed by atoms with van der Waals surface area (Å²) in [6.45, 7) is 1.56. The molecule has 4 rings (SSSR count). The Morgan fingerprint density at radius 2 is 1.94 bits per heavy atom.